The molecule has 10 heteroatoms. The van der Waals surface area contributed by atoms with Gasteiger partial charge in [-0.15, -0.1) is 0 Å². The van der Waals surface area contributed by atoms with E-state index in [2.05, 4.69) is 15.3 Å². The topological polar surface area (TPSA) is 75.1 Å². The van der Waals surface area contributed by atoms with E-state index in [4.69, 9.17) is 28.3 Å². The quantitative estimate of drug-likeness (QED) is 0.864. The van der Waals surface area contributed by atoms with E-state index in [1.54, 1.807) is 0 Å². The first-order chi connectivity index (χ1) is 10.2. The largest absolute Gasteiger partial charge is 0.478 e. The fourth-order valence-electron chi connectivity index (χ4n) is 1.57. The molecule has 22 heavy (non-hydrogen) atoms. The number of nitrogens with one attached hydrogen (secondary N) is 1. The molecule has 2 aromatic rings. The number of anilines is 2. The van der Waals surface area contributed by atoms with Gasteiger partial charge in [-0.1, -0.05) is 23.2 Å². The Kier molecular flexibility index (Phi) is 4.43. The highest BCUT2D eigenvalue weighted by Crippen LogP contribution is 2.31. The van der Waals surface area contributed by atoms with Crippen molar-refractivity contribution in [3.63, 3.8) is 0 Å². The summed E-state index contributed by atoms with van der Waals surface area (Å²) in [6.07, 6.45) is -4.36. The van der Waals surface area contributed by atoms with Gasteiger partial charge in [-0.05, 0) is 18.2 Å². The predicted molar refractivity (Wildman–Crippen MR) is 73.7 cm³/mol. The van der Waals surface area contributed by atoms with Crippen molar-refractivity contribution < 1.29 is 23.1 Å². The number of alkyl halides is 3. The molecular formula is C12H6Cl2F3N3O2. The van der Waals surface area contributed by atoms with E-state index < -0.39 is 29.4 Å². The zero-order valence-electron chi connectivity index (χ0n) is 10.4. The number of hydrogen-bond donors (Lipinski definition) is 2. The number of aromatic nitrogens is 2. The van der Waals surface area contributed by atoms with Crippen molar-refractivity contribution in [2.75, 3.05) is 5.32 Å². The number of carboxylic acid groups (broad SMARTS) is 1. The number of hydrogen-bond acceptors (Lipinski definition) is 4. The fraction of sp³-hybridized carbons (Fsp3) is 0.0833. The van der Waals surface area contributed by atoms with E-state index in [1.807, 2.05) is 0 Å². The van der Waals surface area contributed by atoms with Crippen LogP contribution in [0.4, 0.5) is 24.8 Å². The molecular weight excluding hydrogens is 346 g/mol. The number of halogens is 5. The molecule has 2 N–H and O–H groups in total. The molecule has 1 aromatic carbocycles. The van der Waals surface area contributed by atoms with Gasteiger partial charge in [0.25, 0.3) is 0 Å². The molecule has 0 radical (unpaired) electrons. The minimum atomic E-state index is -4.93. The average Bonchev–Trinajstić information content (AvgIpc) is 2.36. The van der Waals surface area contributed by atoms with E-state index in [-0.39, 0.29) is 15.7 Å². The lowest BCUT2D eigenvalue weighted by Crippen LogP contribution is -2.17. The molecule has 1 aromatic heterocycles. The minimum Gasteiger partial charge on any atom is -0.478 e. The zero-order valence-corrected chi connectivity index (χ0v) is 12.0. The van der Waals surface area contributed by atoms with E-state index in [1.165, 1.54) is 18.2 Å². The van der Waals surface area contributed by atoms with Crippen LogP contribution in [0, 0.1) is 0 Å². The van der Waals surface area contributed by atoms with Gasteiger partial charge >= 0.3 is 12.1 Å². The van der Waals surface area contributed by atoms with Crippen LogP contribution in [-0.4, -0.2) is 21.0 Å². The van der Waals surface area contributed by atoms with Gasteiger partial charge in [0, 0.05) is 21.9 Å². The predicted octanol–water partition coefficient (Wildman–Crippen LogP) is 4.24. The Morgan fingerprint density at radius 3 is 2.27 bits per heavy atom. The molecule has 5 nitrogen and oxygen atoms in total. The molecule has 0 spiro atoms. The first kappa shape index (κ1) is 16.3. The van der Waals surface area contributed by atoms with Crippen LogP contribution in [0.15, 0.2) is 24.4 Å². The van der Waals surface area contributed by atoms with Gasteiger partial charge in [0.15, 0.2) is 5.69 Å². The van der Waals surface area contributed by atoms with E-state index in [0.29, 0.717) is 6.20 Å². The normalized spacial score (nSPS) is 11.3. The second kappa shape index (κ2) is 5.98. The molecule has 0 bridgehead atoms. The van der Waals surface area contributed by atoms with Crippen LogP contribution in [0.2, 0.25) is 10.0 Å². The summed E-state index contributed by atoms with van der Waals surface area (Å²) in [5.74, 6) is -2.21. The maximum Gasteiger partial charge on any atom is 0.434 e. The third-order valence-corrected chi connectivity index (χ3v) is 2.84. The zero-order chi connectivity index (χ0) is 16.5. The van der Waals surface area contributed by atoms with Crippen molar-refractivity contribution >= 4 is 40.8 Å². The summed E-state index contributed by atoms with van der Waals surface area (Å²) >= 11 is 11.5. The van der Waals surface area contributed by atoms with E-state index in [0.717, 1.165) is 0 Å². The molecule has 0 fully saturated rings. The Balaban J connectivity index is 2.42. The maximum atomic E-state index is 12.8. The lowest BCUT2D eigenvalue weighted by atomic mass is 10.2. The highest BCUT2D eigenvalue weighted by atomic mass is 35.5. The highest BCUT2D eigenvalue weighted by Gasteiger charge is 2.38. The summed E-state index contributed by atoms with van der Waals surface area (Å²) in [5, 5.41) is 11.7. The van der Waals surface area contributed by atoms with Crippen LogP contribution in [0.25, 0.3) is 0 Å². The van der Waals surface area contributed by atoms with E-state index >= 15 is 0 Å². The second-order valence-electron chi connectivity index (χ2n) is 4.04. The summed E-state index contributed by atoms with van der Waals surface area (Å²) in [6.45, 7) is 0. The van der Waals surface area contributed by atoms with E-state index in [9.17, 15) is 18.0 Å². The Morgan fingerprint density at radius 1 is 1.18 bits per heavy atom. The summed E-state index contributed by atoms with van der Waals surface area (Å²) in [5.41, 5.74) is -2.33. The van der Waals surface area contributed by atoms with Crippen molar-refractivity contribution in [1.29, 1.82) is 0 Å². The summed E-state index contributed by atoms with van der Waals surface area (Å²) < 4.78 is 38.5. The van der Waals surface area contributed by atoms with Crippen molar-refractivity contribution in [2.24, 2.45) is 0 Å². The monoisotopic (exact) mass is 351 g/mol. The SMILES string of the molecule is O=C(O)c1cnc(Nc2cc(Cl)cc(Cl)c2)nc1C(F)(F)F. The van der Waals surface area contributed by atoms with Gasteiger partial charge in [0.05, 0.1) is 0 Å². The number of benzene rings is 1. The average molecular weight is 352 g/mol. The molecule has 0 amide bonds. The van der Waals surface area contributed by atoms with Gasteiger partial charge < -0.3 is 10.4 Å². The van der Waals surface area contributed by atoms with Crippen LogP contribution < -0.4 is 5.32 Å². The molecule has 0 aliphatic carbocycles. The van der Waals surface area contributed by atoms with Gasteiger partial charge in [-0.3, -0.25) is 0 Å². The Labute approximate surface area is 131 Å². The van der Waals surface area contributed by atoms with Crippen LogP contribution in [0.1, 0.15) is 16.1 Å². The van der Waals surface area contributed by atoms with Gasteiger partial charge in [0.1, 0.15) is 5.56 Å². The second-order valence-corrected chi connectivity index (χ2v) is 4.91. The number of rotatable bonds is 3. The number of carboxylic acids is 1. The standard InChI is InChI=1S/C12H6Cl2F3N3O2/c13-5-1-6(14)3-7(2-5)19-11-18-4-8(10(21)22)9(20-11)12(15,16)17/h1-4H,(H,21,22)(H,18,19,20). The number of carbonyl (C=O) groups is 1. The molecule has 0 saturated heterocycles. The van der Waals surface area contributed by atoms with Crippen molar-refractivity contribution in [3.8, 4) is 0 Å². The smallest absolute Gasteiger partial charge is 0.434 e. The minimum absolute atomic E-state index is 0.258. The summed E-state index contributed by atoms with van der Waals surface area (Å²) in [4.78, 5) is 17.5. The van der Waals surface area contributed by atoms with Crippen molar-refractivity contribution in [1.82, 2.24) is 9.97 Å². The van der Waals surface area contributed by atoms with Crippen molar-refractivity contribution in [3.05, 3.63) is 45.7 Å². The molecule has 0 aliphatic heterocycles. The van der Waals surface area contributed by atoms with Crippen molar-refractivity contribution in [2.45, 2.75) is 6.18 Å². The number of nitrogens with zero attached hydrogens (tertiary/aromatic N) is 2. The Morgan fingerprint density at radius 2 is 1.77 bits per heavy atom. The summed E-state index contributed by atoms with van der Waals surface area (Å²) in [6, 6.07) is 4.23. The summed E-state index contributed by atoms with van der Waals surface area (Å²) in [7, 11) is 0. The first-order valence-electron chi connectivity index (χ1n) is 5.57. The van der Waals surface area contributed by atoms with Crippen LogP contribution >= 0.6 is 23.2 Å². The lowest BCUT2D eigenvalue weighted by Gasteiger charge is -2.11. The van der Waals surface area contributed by atoms with Gasteiger partial charge in [0.2, 0.25) is 5.95 Å². The van der Waals surface area contributed by atoms with Gasteiger partial charge in [-0.25, -0.2) is 14.8 Å². The molecule has 116 valence electrons. The van der Waals surface area contributed by atoms with Gasteiger partial charge in [-0.2, -0.15) is 13.2 Å². The molecule has 0 saturated carbocycles. The Bertz CT molecular complexity index is 718. The van der Waals surface area contributed by atoms with Crippen LogP contribution in [0.3, 0.4) is 0 Å². The van der Waals surface area contributed by atoms with Crippen LogP contribution in [-0.2, 0) is 6.18 Å². The third-order valence-electron chi connectivity index (χ3n) is 2.41. The Hall–Kier alpha value is -2.06. The van der Waals surface area contributed by atoms with Crippen LogP contribution in [0.5, 0.6) is 0 Å². The molecule has 0 unspecified atom stereocenters. The molecule has 1 heterocycles. The first-order valence-corrected chi connectivity index (χ1v) is 6.33. The lowest BCUT2D eigenvalue weighted by molar-refractivity contribution is -0.141. The maximum absolute atomic E-state index is 12.8. The molecule has 0 atom stereocenters. The fourth-order valence-corrected chi connectivity index (χ4v) is 2.10. The molecule has 2 rings (SSSR count). The molecule has 0 aliphatic rings. The highest BCUT2D eigenvalue weighted by molar-refractivity contribution is 6.35. The number of aromatic carboxylic acids is 1. The third kappa shape index (κ3) is 3.77.